The lowest BCUT2D eigenvalue weighted by atomic mass is 10.2. The molecule has 0 radical (unpaired) electrons. The van der Waals surface area contributed by atoms with Crippen LogP contribution < -0.4 is 10.6 Å². The Balaban J connectivity index is 2.35. The smallest absolute Gasteiger partial charge is 0.270 e. The molecule has 1 heterocycles. The summed E-state index contributed by atoms with van der Waals surface area (Å²) in [6.07, 6.45) is 0.936. The molecule has 0 bridgehead atoms. The third-order valence-corrected chi connectivity index (χ3v) is 3.04. The predicted molar refractivity (Wildman–Crippen MR) is 64.9 cm³/mol. The molecule has 0 aliphatic carbocycles. The van der Waals surface area contributed by atoms with Crippen LogP contribution in [-0.2, 0) is 0 Å². The van der Waals surface area contributed by atoms with Crippen molar-refractivity contribution in [3.05, 3.63) is 11.1 Å². The van der Waals surface area contributed by atoms with Gasteiger partial charge in [-0.2, -0.15) is 0 Å². The quantitative estimate of drug-likeness (QED) is 0.699. The molecule has 1 atom stereocenters. The minimum Gasteiger partial charge on any atom is -0.393 e. The molecule has 0 saturated carbocycles. The maximum absolute atomic E-state index is 11.6. The lowest BCUT2D eigenvalue weighted by Gasteiger charge is -2.07. The summed E-state index contributed by atoms with van der Waals surface area (Å²) < 4.78 is 0. The van der Waals surface area contributed by atoms with Gasteiger partial charge in [-0.05, 0) is 12.8 Å². The van der Waals surface area contributed by atoms with E-state index in [0.29, 0.717) is 25.1 Å². The van der Waals surface area contributed by atoms with Crippen molar-refractivity contribution in [3.63, 3.8) is 0 Å². The molecule has 1 rings (SSSR count). The molecule has 16 heavy (non-hydrogen) atoms. The highest BCUT2D eigenvalue weighted by Gasteiger charge is 2.10. The van der Waals surface area contributed by atoms with Crippen LogP contribution in [-0.4, -0.2) is 35.7 Å². The summed E-state index contributed by atoms with van der Waals surface area (Å²) in [6.45, 7) is 2.38. The molecule has 0 aliphatic heterocycles. The molecule has 0 spiro atoms. The highest BCUT2D eigenvalue weighted by Crippen LogP contribution is 2.13. The number of hydrogen-bond acceptors (Lipinski definition) is 5. The standard InChI is InChI=1S/C10H17N3O2S/c1-3-7(14)4-5-12-9(15)8-6-16-10(11-2)13-8/h6-7,14H,3-5H2,1-2H3,(H,11,13)(H,12,15). The summed E-state index contributed by atoms with van der Waals surface area (Å²) in [6, 6.07) is 0. The van der Waals surface area contributed by atoms with Gasteiger partial charge in [0.25, 0.3) is 5.91 Å². The van der Waals surface area contributed by atoms with Gasteiger partial charge in [-0.3, -0.25) is 4.79 Å². The number of anilines is 1. The number of amides is 1. The molecule has 0 fully saturated rings. The van der Waals surface area contributed by atoms with Crippen molar-refractivity contribution in [2.45, 2.75) is 25.9 Å². The highest BCUT2D eigenvalue weighted by atomic mass is 32.1. The third kappa shape index (κ3) is 3.79. The second-order valence-electron chi connectivity index (χ2n) is 3.39. The number of carbonyl (C=O) groups is 1. The molecule has 0 aromatic carbocycles. The summed E-state index contributed by atoms with van der Waals surface area (Å²) in [5.74, 6) is -0.193. The van der Waals surface area contributed by atoms with Crippen LogP contribution >= 0.6 is 11.3 Å². The van der Waals surface area contributed by atoms with Gasteiger partial charge in [-0.1, -0.05) is 6.92 Å². The molecule has 1 aromatic rings. The Labute approximate surface area is 98.9 Å². The van der Waals surface area contributed by atoms with E-state index in [1.807, 2.05) is 6.92 Å². The van der Waals surface area contributed by atoms with Crippen LogP contribution in [0.1, 0.15) is 30.3 Å². The van der Waals surface area contributed by atoms with Gasteiger partial charge in [0.15, 0.2) is 5.13 Å². The van der Waals surface area contributed by atoms with Crippen molar-refractivity contribution >= 4 is 22.4 Å². The van der Waals surface area contributed by atoms with E-state index >= 15 is 0 Å². The van der Waals surface area contributed by atoms with Gasteiger partial charge in [0, 0.05) is 19.0 Å². The van der Waals surface area contributed by atoms with Gasteiger partial charge >= 0.3 is 0 Å². The van der Waals surface area contributed by atoms with Gasteiger partial charge < -0.3 is 15.7 Å². The fraction of sp³-hybridized carbons (Fsp3) is 0.600. The molecule has 0 saturated heterocycles. The normalized spacial score (nSPS) is 12.2. The van der Waals surface area contributed by atoms with Crippen LogP contribution in [0.3, 0.4) is 0 Å². The third-order valence-electron chi connectivity index (χ3n) is 2.19. The number of carbonyl (C=O) groups excluding carboxylic acids is 1. The minimum atomic E-state index is -0.344. The Bertz CT molecular complexity index is 341. The van der Waals surface area contributed by atoms with E-state index in [-0.39, 0.29) is 12.0 Å². The van der Waals surface area contributed by atoms with Gasteiger partial charge in [0.05, 0.1) is 6.10 Å². The number of aromatic nitrogens is 1. The van der Waals surface area contributed by atoms with E-state index in [9.17, 15) is 9.90 Å². The number of nitrogens with zero attached hydrogens (tertiary/aromatic N) is 1. The second kappa shape index (κ2) is 6.44. The number of rotatable bonds is 6. The van der Waals surface area contributed by atoms with E-state index < -0.39 is 0 Å². The van der Waals surface area contributed by atoms with Crippen molar-refractivity contribution in [2.75, 3.05) is 18.9 Å². The number of aliphatic hydroxyl groups excluding tert-OH is 1. The minimum absolute atomic E-state index is 0.193. The van der Waals surface area contributed by atoms with Crippen molar-refractivity contribution in [3.8, 4) is 0 Å². The Morgan fingerprint density at radius 2 is 2.44 bits per heavy atom. The van der Waals surface area contributed by atoms with Crippen LogP contribution in [0.25, 0.3) is 0 Å². The van der Waals surface area contributed by atoms with Gasteiger partial charge in [-0.25, -0.2) is 4.98 Å². The largest absolute Gasteiger partial charge is 0.393 e. The molecular formula is C10H17N3O2S. The first-order chi connectivity index (χ1) is 7.67. The van der Waals surface area contributed by atoms with E-state index in [1.54, 1.807) is 12.4 Å². The Morgan fingerprint density at radius 1 is 1.69 bits per heavy atom. The summed E-state index contributed by atoms with van der Waals surface area (Å²) in [5, 5.41) is 17.3. The predicted octanol–water partition coefficient (Wildman–Crippen LogP) is 1.08. The average Bonchev–Trinajstić information content (AvgIpc) is 2.77. The first-order valence-corrected chi connectivity index (χ1v) is 6.14. The monoisotopic (exact) mass is 243 g/mol. The molecule has 0 aliphatic rings. The second-order valence-corrected chi connectivity index (χ2v) is 4.25. The zero-order chi connectivity index (χ0) is 12.0. The zero-order valence-corrected chi connectivity index (χ0v) is 10.3. The summed E-state index contributed by atoms with van der Waals surface area (Å²) >= 11 is 1.39. The summed E-state index contributed by atoms with van der Waals surface area (Å²) in [4.78, 5) is 15.6. The van der Waals surface area contributed by atoms with Crippen molar-refractivity contribution in [1.82, 2.24) is 10.3 Å². The molecule has 3 N–H and O–H groups in total. The van der Waals surface area contributed by atoms with E-state index in [2.05, 4.69) is 15.6 Å². The number of thiazole rings is 1. The molecule has 5 nitrogen and oxygen atoms in total. The summed E-state index contributed by atoms with van der Waals surface area (Å²) in [5.41, 5.74) is 0.417. The molecule has 1 unspecified atom stereocenters. The van der Waals surface area contributed by atoms with Crippen LogP contribution in [0.2, 0.25) is 0 Å². The van der Waals surface area contributed by atoms with Gasteiger partial charge in [-0.15, -0.1) is 11.3 Å². The Kier molecular flexibility index (Phi) is 5.21. The fourth-order valence-electron chi connectivity index (χ4n) is 1.14. The van der Waals surface area contributed by atoms with E-state index in [1.165, 1.54) is 11.3 Å². The SMILES string of the molecule is CCC(O)CCNC(=O)c1csc(NC)n1. The zero-order valence-electron chi connectivity index (χ0n) is 9.49. The van der Waals surface area contributed by atoms with E-state index in [4.69, 9.17) is 0 Å². The van der Waals surface area contributed by atoms with Gasteiger partial charge in [0.2, 0.25) is 0 Å². The van der Waals surface area contributed by atoms with Crippen molar-refractivity contribution in [2.24, 2.45) is 0 Å². The van der Waals surface area contributed by atoms with Crippen LogP contribution in [0.15, 0.2) is 5.38 Å². The van der Waals surface area contributed by atoms with Gasteiger partial charge in [0.1, 0.15) is 5.69 Å². The number of hydrogen-bond donors (Lipinski definition) is 3. The molecule has 1 amide bonds. The number of aliphatic hydroxyl groups is 1. The highest BCUT2D eigenvalue weighted by molar-refractivity contribution is 7.13. The van der Waals surface area contributed by atoms with Crippen LogP contribution in [0, 0.1) is 0 Å². The maximum atomic E-state index is 11.6. The molecule has 1 aromatic heterocycles. The first kappa shape index (κ1) is 12.9. The Hall–Kier alpha value is -1.14. The lowest BCUT2D eigenvalue weighted by Crippen LogP contribution is -2.27. The van der Waals surface area contributed by atoms with Crippen molar-refractivity contribution in [1.29, 1.82) is 0 Å². The average molecular weight is 243 g/mol. The van der Waals surface area contributed by atoms with Crippen LogP contribution in [0.5, 0.6) is 0 Å². The number of nitrogens with one attached hydrogen (secondary N) is 2. The fourth-order valence-corrected chi connectivity index (χ4v) is 1.79. The Morgan fingerprint density at radius 3 is 3.00 bits per heavy atom. The topological polar surface area (TPSA) is 74.2 Å². The van der Waals surface area contributed by atoms with E-state index in [0.717, 1.165) is 5.13 Å². The van der Waals surface area contributed by atoms with Crippen LogP contribution in [0.4, 0.5) is 5.13 Å². The lowest BCUT2D eigenvalue weighted by molar-refractivity contribution is 0.0938. The van der Waals surface area contributed by atoms with Crippen molar-refractivity contribution < 1.29 is 9.90 Å². The summed E-state index contributed by atoms with van der Waals surface area (Å²) in [7, 11) is 1.76. The molecule has 90 valence electrons. The first-order valence-electron chi connectivity index (χ1n) is 5.27. The maximum Gasteiger partial charge on any atom is 0.270 e. The molecule has 6 heteroatoms. The molecular weight excluding hydrogens is 226 g/mol.